The highest BCUT2D eigenvalue weighted by atomic mass is 15.2. The topological polar surface area (TPSA) is 15.3 Å². The van der Waals surface area contributed by atoms with Crippen LogP contribution in [0, 0.1) is 5.92 Å². The molecule has 2 heteroatoms. The molecular weight excluding hydrogens is 232 g/mol. The first-order chi connectivity index (χ1) is 9.31. The van der Waals surface area contributed by atoms with Crippen molar-refractivity contribution >= 4 is 0 Å². The number of nitrogens with zero attached hydrogens (tertiary/aromatic N) is 1. The predicted molar refractivity (Wildman–Crippen MR) is 83.5 cm³/mol. The summed E-state index contributed by atoms with van der Waals surface area (Å²) in [7, 11) is 0. The van der Waals surface area contributed by atoms with E-state index in [0.717, 1.165) is 18.0 Å². The molecule has 1 saturated carbocycles. The zero-order valence-electron chi connectivity index (χ0n) is 13.2. The molecule has 0 amide bonds. The summed E-state index contributed by atoms with van der Waals surface area (Å²) in [5.41, 5.74) is 0. The van der Waals surface area contributed by atoms with E-state index in [9.17, 15) is 0 Å². The zero-order chi connectivity index (χ0) is 13.5. The number of hydrogen-bond donors (Lipinski definition) is 1. The normalized spacial score (nSPS) is 31.3. The van der Waals surface area contributed by atoms with E-state index >= 15 is 0 Å². The predicted octanol–water partition coefficient (Wildman–Crippen LogP) is 3.81. The second-order valence-corrected chi connectivity index (χ2v) is 6.80. The zero-order valence-corrected chi connectivity index (χ0v) is 13.2. The first-order valence-corrected chi connectivity index (χ1v) is 8.78. The molecule has 1 saturated heterocycles. The van der Waals surface area contributed by atoms with E-state index in [-0.39, 0.29) is 0 Å². The molecule has 0 aromatic rings. The highest BCUT2D eigenvalue weighted by molar-refractivity contribution is 4.86. The minimum absolute atomic E-state index is 0.770. The Labute approximate surface area is 120 Å². The maximum Gasteiger partial charge on any atom is 0.0223 e. The molecule has 2 unspecified atom stereocenters. The first-order valence-electron chi connectivity index (χ1n) is 8.78. The Morgan fingerprint density at radius 2 is 1.84 bits per heavy atom. The van der Waals surface area contributed by atoms with Crippen LogP contribution in [0.4, 0.5) is 0 Å². The second kappa shape index (κ2) is 8.26. The SMILES string of the molecule is CCCCCN1CC(C2CCCCC2)NCCC1C. The van der Waals surface area contributed by atoms with E-state index in [4.69, 9.17) is 0 Å². The van der Waals surface area contributed by atoms with Gasteiger partial charge in [0.15, 0.2) is 0 Å². The van der Waals surface area contributed by atoms with Gasteiger partial charge in [-0.2, -0.15) is 0 Å². The third kappa shape index (κ3) is 4.75. The summed E-state index contributed by atoms with van der Waals surface area (Å²) < 4.78 is 0. The lowest BCUT2D eigenvalue weighted by Gasteiger charge is -2.34. The summed E-state index contributed by atoms with van der Waals surface area (Å²) in [5, 5.41) is 3.86. The molecule has 1 aliphatic carbocycles. The van der Waals surface area contributed by atoms with Crippen molar-refractivity contribution in [3.05, 3.63) is 0 Å². The molecule has 19 heavy (non-hydrogen) atoms. The van der Waals surface area contributed by atoms with Crippen molar-refractivity contribution in [2.24, 2.45) is 5.92 Å². The van der Waals surface area contributed by atoms with E-state index in [1.807, 2.05) is 0 Å². The Hall–Kier alpha value is -0.0800. The fourth-order valence-electron chi connectivity index (χ4n) is 3.89. The van der Waals surface area contributed by atoms with Gasteiger partial charge >= 0.3 is 0 Å². The van der Waals surface area contributed by atoms with E-state index in [2.05, 4.69) is 24.1 Å². The van der Waals surface area contributed by atoms with Gasteiger partial charge in [0, 0.05) is 18.6 Å². The molecular formula is C17H34N2. The molecule has 1 heterocycles. The van der Waals surface area contributed by atoms with E-state index in [0.29, 0.717) is 0 Å². The van der Waals surface area contributed by atoms with Crippen molar-refractivity contribution in [2.45, 2.75) is 83.7 Å². The van der Waals surface area contributed by atoms with Crippen molar-refractivity contribution in [3.63, 3.8) is 0 Å². The molecule has 0 aromatic heterocycles. The summed E-state index contributed by atoms with van der Waals surface area (Å²) in [6.07, 6.45) is 12.8. The maximum absolute atomic E-state index is 3.86. The van der Waals surface area contributed by atoms with Gasteiger partial charge < -0.3 is 5.32 Å². The molecule has 2 atom stereocenters. The van der Waals surface area contributed by atoms with Gasteiger partial charge in [0.1, 0.15) is 0 Å². The number of hydrogen-bond acceptors (Lipinski definition) is 2. The van der Waals surface area contributed by atoms with Crippen molar-refractivity contribution in [3.8, 4) is 0 Å². The van der Waals surface area contributed by atoms with Crippen LogP contribution < -0.4 is 5.32 Å². The second-order valence-electron chi connectivity index (χ2n) is 6.80. The van der Waals surface area contributed by atoms with Crippen LogP contribution in [0.5, 0.6) is 0 Å². The lowest BCUT2D eigenvalue weighted by molar-refractivity contribution is 0.169. The lowest BCUT2D eigenvalue weighted by atomic mass is 9.83. The molecule has 112 valence electrons. The van der Waals surface area contributed by atoms with Crippen molar-refractivity contribution < 1.29 is 0 Å². The van der Waals surface area contributed by atoms with Gasteiger partial charge in [-0.3, -0.25) is 4.90 Å². The quantitative estimate of drug-likeness (QED) is 0.761. The van der Waals surface area contributed by atoms with Crippen LogP contribution in [-0.2, 0) is 0 Å². The standard InChI is InChI=1S/C17H34N2/c1-3-4-8-13-19-14-17(18-12-11-15(19)2)16-9-6-5-7-10-16/h15-18H,3-14H2,1-2H3. The van der Waals surface area contributed by atoms with Gasteiger partial charge in [-0.05, 0) is 51.6 Å². The minimum atomic E-state index is 0.770. The van der Waals surface area contributed by atoms with Crippen LogP contribution in [0.2, 0.25) is 0 Å². The number of unbranched alkanes of at least 4 members (excludes halogenated alkanes) is 2. The number of rotatable bonds is 5. The monoisotopic (exact) mass is 266 g/mol. The van der Waals surface area contributed by atoms with E-state index in [1.54, 1.807) is 0 Å². The molecule has 1 N–H and O–H groups in total. The maximum atomic E-state index is 3.86. The van der Waals surface area contributed by atoms with E-state index in [1.165, 1.54) is 77.4 Å². The fraction of sp³-hybridized carbons (Fsp3) is 1.00. The third-order valence-corrected chi connectivity index (χ3v) is 5.29. The highest BCUT2D eigenvalue weighted by Gasteiger charge is 2.28. The molecule has 0 radical (unpaired) electrons. The van der Waals surface area contributed by atoms with Gasteiger partial charge in [0.25, 0.3) is 0 Å². The van der Waals surface area contributed by atoms with Crippen molar-refractivity contribution in [1.29, 1.82) is 0 Å². The van der Waals surface area contributed by atoms with Gasteiger partial charge in [-0.15, -0.1) is 0 Å². The minimum Gasteiger partial charge on any atom is -0.312 e. The molecule has 0 spiro atoms. The lowest BCUT2D eigenvalue weighted by Crippen LogP contribution is -2.45. The third-order valence-electron chi connectivity index (χ3n) is 5.29. The largest absolute Gasteiger partial charge is 0.312 e. The van der Waals surface area contributed by atoms with Crippen LogP contribution in [0.15, 0.2) is 0 Å². The van der Waals surface area contributed by atoms with Gasteiger partial charge in [0.2, 0.25) is 0 Å². The molecule has 0 aromatic carbocycles. The molecule has 2 aliphatic rings. The summed E-state index contributed by atoms with van der Waals surface area (Å²) in [5.74, 6) is 0.952. The summed E-state index contributed by atoms with van der Waals surface area (Å²) in [6.45, 7) is 8.58. The molecule has 2 rings (SSSR count). The van der Waals surface area contributed by atoms with Crippen LogP contribution in [0.3, 0.4) is 0 Å². The summed E-state index contributed by atoms with van der Waals surface area (Å²) in [6, 6.07) is 1.55. The van der Waals surface area contributed by atoms with Gasteiger partial charge in [0.05, 0.1) is 0 Å². The Balaban J connectivity index is 1.85. The molecule has 0 bridgehead atoms. The molecule has 2 fully saturated rings. The average molecular weight is 266 g/mol. The van der Waals surface area contributed by atoms with Crippen LogP contribution >= 0.6 is 0 Å². The number of nitrogens with one attached hydrogen (secondary N) is 1. The van der Waals surface area contributed by atoms with Gasteiger partial charge in [-0.25, -0.2) is 0 Å². The smallest absolute Gasteiger partial charge is 0.0223 e. The van der Waals surface area contributed by atoms with Crippen LogP contribution in [0.1, 0.15) is 71.6 Å². The van der Waals surface area contributed by atoms with Crippen molar-refractivity contribution in [1.82, 2.24) is 10.2 Å². The molecule has 1 aliphatic heterocycles. The Morgan fingerprint density at radius 1 is 1.05 bits per heavy atom. The molecule has 2 nitrogen and oxygen atoms in total. The average Bonchev–Trinajstić information content (AvgIpc) is 2.63. The summed E-state index contributed by atoms with van der Waals surface area (Å²) >= 11 is 0. The Morgan fingerprint density at radius 3 is 2.58 bits per heavy atom. The van der Waals surface area contributed by atoms with Crippen LogP contribution in [-0.4, -0.2) is 36.6 Å². The Kier molecular flexibility index (Phi) is 6.66. The van der Waals surface area contributed by atoms with E-state index < -0.39 is 0 Å². The highest BCUT2D eigenvalue weighted by Crippen LogP contribution is 2.28. The van der Waals surface area contributed by atoms with Crippen LogP contribution in [0.25, 0.3) is 0 Å². The Bertz CT molecular complexity index is 235. The first kappa shape index (κ1) is 15.3. The summed E-state index contributed by atoms with van der Waals surface area (Å²) in [4.78, 5) is 2.77. The van der Waals surface area contributed by atoms with Gasteiger partial charge in [-0.1, -0.05) is 39.0 Å². The fourth-order valence-corrected chi connectivity index (χ4v) is 3.89. The van der Waals surface area contributed by atoms with Crippen molar-refractivity contribution in [2.75, 3.05) is 19.6 Å².